The van der Waals surface area contributed by atoms with E-state index in [1.165, 1.54) is 5.56 Å². The third-order valence-corrected chi connectivity index (χ3v) is 5.31. The number of aryl methyl sites for hydroxylation is 2. The molecule has 2 aromatic heterocycles. The predicted molar refractivity (Wildman–Crippen MR) is 103 cm³/mol. The first kappa shape index (κ1) is 17.7. The van der Waals surface area contributed by atoms with Crippen molar-refractivity contribution < 1.29 is 9.90 Å². The van der Waals surface area contributed by atoms with Crippen molar-refractivity contribution in [2.24, 2.45) is 5.92 Å². The van der Waals surface area contributed by atoms with Crippen LogP contribution in [0.2, 0.25) is 0 Å². The Hall–Kier alpha value is -2.73. The third-order valence-electron chi connectivity index (χ3n) is 5.31. The average molecular weight is 364 g/mol. The van der Waals surface area contributed by atoms with Crippen LogP contribution in [0.15, 0.2) is 48.8 Å². The Bertz CT molecular complexity index is 947. The number of aromatic nitrogens is 3. The number of pyridine rings is 1. The van der Waals surface area contributed by atoms with Crippen LogP contribution in [-0.4, -0.2) is 49.9 Å². The standard InChI is InChI=1S/C21H24N4O2/c1-15-7-10-25(23-15)11-8-21(27)24-13-17(20(26)14-24)12-16-6-9-22-19-5-3-2-4-18(16)19/h2-7,9-10,17,20,26H,8,11-14H2,1H3/t17-,20-/m1/s1. The van der Waals surface area contributed by atoms with Crippen molar-refractivity contribution in [3.63, 3.8) is 0 Å². The van der Waals surface area contributed by atoms with Crippen LogP contribution >= 0.6 is 0 Å². The molecule has 6 nitrogen and oxygen atoms in total. The van der Waals surface area contributed by atoms with Crippen LogP contribution in [0.3, 0.4) is 0 Å². The highest BCUT2D eigenvalue weighted by atomic mass is 16.3. The SMILES string of the molecule is Cc1ccn(CCC(=O)N2C[C@@H](Cc3ccnc4ccccc34)[C@H](O)C2)n1. The van der Waals surface area contributed by atoms with Crippen LogP contribution in [0.1, 0.15) is 17.7 Å². The van der Waals surface area contributed by atoms with E-state index in [0.29, 0.717) is 26.1 Å². The first-order chi connectivity index (χ1) is 13.1. The smallest absolute Gasteiger partial charge is 0.224 e. The molecular formula is C21H24N4O2. The molecular weight excluding hydrogens is 340 g/mol. The van der Waals surface area contributed by atoms with Gasteiger partial charge in [0.1, 0.15) is 0 Å². The Labute approximate surface area is 158 Å². The molecule has 1 saturated heterocycles. The molecule has 140 valence electrons. The van der Waals surface area contributed by atoms with Crippen LogP contribution in [0.25, 0.3) is 10.9 Å². The van der Waals surface area contributed by atoms with Gasteiger partial charge in [0.05, 0.1) is 17.3 Å². The molecule has 6 heteroatoms. The van der Waals surface area contributed by atoms with Crippen molar-refractivity contribution in [1.29, 1.82) is 0 Å². The number of amides is 1. The van der Waals surface area contributed by atoms with Crippen molar-refractivity contribution in [3.8, 4) is 0 Å². The lowest BCUT2D eigenvalue weighted by Gasteiger charge is -2.16. The molecule has 4 rings (SSSR count). The zero-order chi connectivity index (χ0) is 18.8. The number of carbonyl (C=O) groups excluding carboxylic acids is 1. The highest BCUT2D eigenvalue weighted by Crippen LogP contribution is 2.25. The van der Waals surface area contributed by atoms with Crippen molar-refractivity contribution in [3.05, 3.63) is 60.0 Å². The highest BCUT2D eigenvalue weighted by Gasteiger charge is 2.34. The number of benzene rings is 1. The summed E-state index contributed by atoms with van der Waals surface area (Å²) in [4.78, 5) is 18.7. The Morgan fingerprint density at radius 3 is 2.89 bits per heavy atom. The molecule has 0 radical (unpaired) electrons. The van der Waals surface area contributed by atoms with Gasteiger partial charge in [-0.2, -0.15) is 5.10 Å². The van der Waals surface area contributed by atoms with Gasteiger partial charge in [-0.15, -0.1) is 0 Å². The summed E-state index contributed by atoms with van der Waals surface area (Å²) in [7, 11) is 0. The summed E-state index contributed by atoms with van der Waals surface area (Å²) in [6.45, 7) is 3.50. The lowest BCUT2D eigenvalue weighted by Crippen LogP contribution is -2.30. The Morgan fingerprint density at radius 1 is 1.22 bits per heavy atom. The maximum absolute atomic E-state index is 12.5. The van der Waals surface area contributed by atoms with Gasteiger partial charge in [-0.25, -0.2) is 0 Å². The lowest BCUT2D eigenvalue weighted by atomic mass is 9.94. The van der Waals surface area contributed by atoms with Gasteiger partial charge in [-0.3, -0.25) is 14.5 Å². The van der Waals surface area contributed by atoms with Gasteiger partial charge >= 0.3 is 0 Å². The molecule has 1 amide bonds. The van der Waals surface area contributed by atoms with Crippen molar-refractivity contribution >= 4 is 16.8 Å². The molecule has 0 spiro atoms. The fraction of sp³-hybridized carbons (Fsp3) is 0.381. The molecule has 1 N–H and O–H groups in total. The number of nitrogens with zero attached hydrogens (tertiary/aromatic N) is 4. The van der Waals surface area contributed by atoms with Gasteiger partial charge in [0.25, 0.3) is 0 Å². The first-order valence-corrected chi connectivity index (χ1v) is 9.38. The lowest BCUT2D eigenvalue weighted by molar-refractivity contribution is -0.130. The fourth-order valence-electron chi connectivity index (χ4n) is 3.83. The molecule has 0 unspecified atom stereocenters. The van der Waals surface area contributed by atoms with Gasteiger partial charge in [-0.05, 0) is 37.1 Å². The molecule has 0 saturated carbocycles. The van der Waals surface area contributed by atoms with Gasteiger partial charge < -0.3 is 10.0 Å². The molecule has 0 aliphatic carbocycles. The number of aliphatic hydroxyl groups excluding tert-OH is 1. The Balaban J connectivity index is 1.39. The van der Waals surface area contributed by atoms with Crippen molar-refractivity contribution in [2.45, 2.75) is 32.4 Å². The van der Waals surface area contributed by atoms with Crippen LogP contribution in [0.4, 0.5) is 0 Å². The average Bonchev–Trinajstić information content (AvgIpc) is 3.26. The summed E-state index contributed by atoms with van der Waals surface area (Å²) in [5.41, 5.74) is 3.08. The maximum atomic E-state index is 12.5. The second-order valence-corrected chi connectivity index (χ2v) is 7.29. The highest BCUT2D eigenvalue weighted by molar-refractivity contribution is 5.82. The molecule has 1 aromatic carbocycles. The molecule has 3 aromatic rings. The molecule has 3 heterocycles. The van der Waals surface area contributed by atoms with Gasteiger partial charge in [-0.1, -0.05) is 18.2 Å². The van der Waals surface area contributed by atoms with Gasteiger partial charge in [0.2, 0.25) is 5.91 Å². The van der Waals surface area contributed by atoms with E-state index in [4.69, 9.17) is 0 Å². The van der Waals surface area contributed by atoms with E-state index in [-0.39, 0.29) is 11.8 Å². The normalized spacial score (nSPS) is 19.7. The molecule has 27 heavy (non-hydrogen) atoms. The fourth-order valence-corrected chi connectivity index (χ4v) is 3.83. The Morgan fingerprint density at radius 2 is 2.07 bits per heavy atom. The van der Waals surface area contributed by atoms with Crippen LogP contribution in [0, 0.1) is 12.8 Å². The van der Waals surface area contributed by atoms with E-state index in [1.807, 2.05) is 49.6 Å². The minimum absolute atomic E-state index is 0.0479. The number of carbonyl (C=O) groups is 1. The van der Waals surface area contributed by atoms with Crippen LogP contribution in [0.5, 0.6) is 0 Å². The first-order valence-electron chi connectivity index (χ1n) is 9.38. The van der Waals surface area contributed by atoms with Gasteiger partial charge in [0.15, 0.2) is 0 Å². The third kappa shape index (κ3) is 3.85. The molecule has 0 bridgehead atoms. The van der Waals surface area contributed by atoms with E-state index in [1.54, 1.807) is 9.58 Å². The van der Waals surface area contributed by atoms with E-state index in [9.17, 15) is 9.90 Å². The second kappa shape index (κ2) is 7.48. The van der Waals surface area contributed by atoms with Crippen LogP contribution in [-0.2, 0) is 17.8 Å². The number of rotatable bonds is 5. The predicted octanol–water partition coefficient (Wildman–Crippen LogP) is 2.19. The van der Waals surface area contributed by atoms with Crippen molar-refractivity contribution in [1.82, 2.24) is 19.7 Å². The molecule has 1 aliphatic rings. The topological polar surface area (TPSA) is 71.2 Å². The number of hydrogen-bond donors (Lipinski definition) is 1. The Kier molecular flexibility index (Phi) is 4.90. The quantitative estimate of drug-likeness (QED) is 0.753. The molecule has 1 fully saturated rings. The number of aliphatic hydroxyl groups is 1. The van der Waals surface area contributed by atoms with E-state index >= 15 is 0 Å². The van der Waals surface area contributed by atoms with E-state index in [0.717, 1.165) is 23.0 Å². The summed E-state index contributed by atoms with van der Waals surface area (Å²) in [6.07, 6.45) is 4.35. The summed E-state index contributed by atoms with van der Waals surface area (Å²) < 4.78 is 1.79. The summed E-state index contributed by atoms with van der Waals surface area (Å²) in [6, 6.07) is 12.0. The number of hydrogen-bond acceptors (Lipinski definition) is 4. The summed E-state index contributed by atoms with van der Waals surface area (Å²) in [5, 5.41) is 15.9. The second-order valence-electron chi connectivity index (χ2n) is 7.29. The number of likely N-dealkylation sites (tertiary alicyclic amines) is 1. The number of β-amino-alcohol motifs (C(OH)–C–C–N with tert-alkyl or cyclic N) is 1. The largest absolute Gasteiger partial charge is 0.391 e. The molecule has 2 atom stereocenters. The zero-order valence-corrected chi connectivity index (χ0v) is 15.5. The monoisotopic (exact) mass is 364 g/mol. The number of para-hydroxylation sites is 1. The minimum Gasteiger partial charge on any atom is -0.391 e. The molecule has 1 aliphatic heterocycles. The zero-order valence-electron chi connectivity index (χ0n) is 15.5. The van der Waals surface area contributed by atoms with E-state index < -0.39 is 6.10 Å². The van der Waals surface area contributed by atoms with Gasteiger partial charge in [0, 0.05) is 49.8 Å². The van der Waals surface area contributed by atoms with Crippen molar-refractivity contribution in [2.75, 3.05) is 13.1 Å². The summed E-state index contributed by atoms with van der Waals surface area (Å²) >= 11 is 0. The van der Waals surface area contributed by atoms with E-state index in [2.05, 4.69) is 16.1 Å². The van der Waals surface area contributed by atoms with Crippen LogP contribution < -0.4 is 0 Å². The number of fused-ring (bicyclic) bond motifs is 1. The summed E-state index contributed by atoms with van der Waals surface area (Å²) in [5.74, 6) is 0.121. The maximum Gasteiger partial charge on any atom is 0.224 e. The minimum atomic E-state index is -0.493.